The number of carbonyl (C=O) groups is 1. The van der Waals surface area contributed by atoms with Crippen molar-refractivity contribution >= 4 is 23.1 Å². The number of benzene rings is 2. The SMILES string of the molecule is Cc1ccc(C(=O)Cn2nnc(-c3ccccc3Cl)n2)cc1[N+](=O)[O-]. The Morgan fingerprint density at radius 2 is 2.04 bits per heavy atom. The van der Waals surface area contributed by atoms with Gasteiger partial charge in [0.25, 0.3) is 5.69 Å². The average molecular weight is 358 g/mol. The van der Waals surface area contributed by atoms with Gasteiger partial charge in [0.2, 0.25) is 5.82 Å². The second-order valence-corrected chi connectivity index (χ2v) is 5.71. The molecule has 1 heterocycles. The van der Waals surface area contributed by atoms with Crippen LogP contribution in [0, 0.1) is 17.0 Å². The van der Waals surface area contributed by atoms with Crippen LogP contribution in [0.2, 0.25) is 5.02 Å². The summed E-state index contributed by atoms with van der Waals surface area (Å²) in [6.07, 6.45) is 0. The van der Waals surface area contributed by atoms with E-state index in [9.17, 15) is 14.9 Å². The van der Waals surface area contributed by atoms with E-state index in [1.54, 1.807) is 31.2 Å². The first-order valence-electron chi connectivity index (χ1n) is 7.26. The largest absolute Gasteiger partial charge is 0.292 e. The van der Waals surface area contributed by atoms with Gasteiger partial charge in [-0.2, -0.15) is 4.80 Å². The van der Waals surface area contributed by atoms with E-state index in [0.717, 1.165) is 4.80 Å². The Morgan fingerprint density at radius 1 is 1.28 bits per heavy atom. The van der Waals surface area contributed by atoms with Crippen LogP contribution in [0.1, 0.15) is 15.9 Å². The van der Waals surface area contributed by atoms with Gasteiger partial charge in [-0.05, 0) is 24.3 Å². The summed E-state index contributed by atoms with van der Waals surface area (Å²) >= 11 is 6.08. The predicted molar refractivity (Wildman–Crippen MR) is 90.4 cm³/mol. The molecular weight excluding hydrogens is 346 g/mol. The third kappa shape index (κ3) is 3.53. The second kappa shape index (κ2) is 6.78. The molecule has 0 aliphatic heterocycles. The fourth-order valence-corrected chi connectivity index (χ4v) is 2.48. The van der Waals surface area contributed by atoms with Gasteiger partial charge in [-0.15, -0.1) is 10.2 Å². The van der Waals surface area contributed by atoms with Gasteiger partial charge in [0, 0.05) is 22.8 Å². The number of halogens is 1. The molecule has 3 rings (SSSR count). The fourth-order valence-electron chi connectivity index (χ4n) is 2.26. The van der Waals surface area contributed by atoms with Gasteiger partial charge in [-0.3, -0.25) is 14.9 Å². The van der Waals surface area contributed by atoms with Crippen molar-refractivity contribution in [3.05, 3.63) is 68.7 Å². The standard InChI is InChI=1S/C16H12ClN5O3/c1-10-6-7-11(8-14(10)22(24)25)15(23)9-21-19-16(18-20-21)12-4-2-3-5-13(12)17/h2-8H,9H2,1H3. The van der Waals surface area contributed by atoms with Gasteiger partial charge in [0.15, 0.2) is 5.78 Å². The first-order valence-corrected chi connectivity index (χ1v) is 7.64. The maximum atomic E-state index is 12.3. The lowest BCUT2D eigenvalue weighted by molar-refractivity contribution is -0.385. The molecule has 0 fully saturated rings. The zero-order chi connectivity index (χ0) is 18.0. The van der Waals surface area contributed by atoms with Crippen molar-refractivity contribution in [2.24, 2.45) is 0 Å². The summed E-state index contributed by atoms with van der Waals surface area (Å²) in [6.45, 7) is 1.43. The van der Waals surface area contributed by atoms with Crippen LogP contribution in [-0.4, -0.2) is 30.9 Å². The summed E-state index contributed by atoms with van der Waals surface area (Å²) in [4.78, 5) is 23.9. The molecule has 9 heteroatoms. The lowest BCUT2D eigenvalue weighted by Gasteiger charge is -2.02. The smallest absolute Gasteiger partial charge is 0.273 e. The van der Waals surface area contributed by atoms with E-state index in [2.05, 4.69) is 15.4 Å². The number of aryl methyl sites for hydroxylation is 1. The summed E-state index contributed by atoms with van der Waals surface area (Å²) in [6, 6.07) is 11.3. The van der Waals surface area contributed by atoms with E-state index in [4.69, 9.17) is 11.6 Å². The van der Waals surface area contributed by atoms with Crippen molar-refractivity contribution < 1.29 is 9.72 Å². The molecule has 0 amide bonds. The monoisotopic (exact) mass is 357 g/mol. The minimum Gasteiger partial charge on any atom is -0.292 e. The molecule has 0 unspecified atom stereocenters. The van der Waals surface area contributed by atoms with E-state index >= 15 is 0 Å². The molecule has 0 N–H and O–H groups in total. The maximum Gasteiger partial charge on any atom is 0.273 e. The van der Waals surface area contributed by atoms with Crippen LogP contribution in [0.3, 0.4) is 0 Å². The number of Topliss-reactive ketones (excluding diaryl/α,β-unsaturated/α-hetero) is 1. The van der Waals surface area contributed by atoms with Crippen LogP contribution in [0.15, 0.2) is 42.5 Å². The number of tetrazole rings is 1. The van der Waals surface area contributed by atoms with Crippen LogP contribution >= 0.6 is 11.6 Å². The van der Waals surface area contributed by atoms with Crippen molar-refractivity contribution in [2.45, 2.75) is 13.5 Å². The molecule has 0 bridgehead atoms. The lowest BCUT2D eigenvalue weighted by Crippen LogP contribution is -2.13. The molecule has 0 saturated heterocycles. The average Bonchev–Trinajstić information content (AvgIpc) is 3.03. The molecule has 3 aromatic rings. The number of nitrogens with zero attached hydrogens (tertiary/aromatic N) is 5. The number of nitro groups is 1. The van der Waals surface area contributed by atoms with Gasteiger partial charge in [-0.25, -0.2) is 0 Å². The molecule has 0 aliphatic carbocycles. The summed E-state index contributed by atoms with van der Waals surface area (Å²) in [7, 11) is 0. The molecule has 2 aromatic carbocycles. The summed E-state index contributed by atoms with van der Waals surface area (Å²) in [5.74, 6) is -0.0560. The van der Waals surface area contributed by atoms with Gasteiger partial charge >= 0.3 is 0 Å². The number of hydrogen-bond donors (Lipinski definition) is 0. The third-order valence-corrected chi connectivity index (χ3v) is 3.91. The Labute approximate surface area is 147 Å². The van der Waals surface area contributed by atoms with E-state index in [0.29, 0.717) is 22.0 Å². The molecule has 0 atom stereocenters. The number of aromatic nitrogens is 4. The van der Waals surface area contributed by atoms with Gasteiger partial charge < -0.3 is 0 Å². The van der Waals surface area contributed by atoms with Crippen LogP contribution < -0.4 is 0 Å². The summed E-state index contributed by atoms with van der Waals surface area (Å²) < 4.78 is 0. The molecule has 126 valence electrons. The first-order chi connectivity index (χ1) is 12.0. The van der Waals surface area contributed by atoms with E-state index in [-0.39, 0.29) is 23.6 Å². The van der Waals surface area contributed by atoms with Crippen molar-refractivity contribution in [3.8, 4) is 11.4 Å². The number of rotatable bonds is 5. The Bertz CT molecular complexity index is 970. The Balaban J connectivity index is 1.82. The van der Waals surface area contributed by atoms with Crippen molar-refractivity contribution in [2.75, 3.05) is 0 Å². The number of ketones is 1. The van der Waals surface area contributed by atoms with Crippen molar-refractivity contribution in [3.63, 3.8) is 0 Å². The number of carbonyl (C=O) groups excluding carboxylic acids is 1. The maximum absolute atomic E-state index is 12.3. The highest BCUT2D eigenvalue weighted by molar-refractivity contribution is 6.33. The zero-order valence-electron chi connectivity index (χ0n) is 13.1. The van der Waals surface area contributed by atoms with Crippen LogP contribution in [0.4, 0.5) is 5.69 Å². The predicted octanol–water partition coefficient (Wildman–Crippen LogP) is 3.09. The van der Waals surface area contributed by atoms with Gasteiger partial charge in [0.1, 0.15) is 6.54 Å². The van der Waals surface area contributed by atoms with Crippen LogP contribution in [-0.2, 0) is 6.54 Å². The lowest BCUT2D eigenvalue weighted by atomic mass is 10.1. The molecule has 0 radical (unpaired) electrons. The molecule has 8 nitrogen and oxygen atoms in total. The van der Waals surface area contributed by atoms with E-state index in [1.807, 2.05) is 0 Å². The molecule has 0 saturated carbocycles. The second-order valence-electron chi connectivity index (χ2n) is 5.30. The van der Waals surface area contributed by atoms with E-state index in [1.165, 1.54) is 18.2 Å². The van der Waals surface area contributed by atoms with Crippen molar-refractivity contribution in [1.82, 2.24) is 20.2 Å². The number of hydrogen-bond acceptors (Lipinski definition) is 6. The van der Waals surface area contributed by atoms with Gasteiger partial charge in [0.05, 0.1) is 9.95 Å². The quantitative estimate of drug-likeness (QED) is 0.395. The number of nitro benzene ring substituents is 1. The van der Waals surface area contributed by atoms with E-state index < -0.39 is 4.92 Å². The minimum atomic E-state index is -0.519. The highest BCUT2D eigenvalue weighted by Crippen LogP contribution is 2.24. The Kier molecular flexibility index (Phi) is 4.53. The third-order valence-electron chi connectivity index (χ3n) is 3.58. The highest BCUT2D eigenvalue weighted by atomic mass is 35.5. The highest BCUT2D eigenvalue weighted by Gasteiger charge is 2.17. The van der Waals surface area contributed by atoms with Crippen molar-refractivity contribution in [1.29, 1.82) is 0 Å². The Morgan fingerprint density at radius 3 is 2.76 bits per heavy atom. The molecule has 1 aromatic heterocycles. The molecule has 0 aliphatic rings. The summed E-state index contributed by atoms with van der Waals surface area (Å²) in [5, 5.41) is 23.3. The van der Waals surface area contributed by atoms with Crippen LogP contribution in [0.5, 0.6) is 0 Å². The molecule has 25 heavy (non-hydrogen) atoms. The zero-order valence-corrected chi connectivity index (χ0v) is 13.8. The topological polar surface area (TPSA) is 104 Å². The normalized spacial score (nSPS) is 10.6. The molecular formula is C16H12ClN5O3. The van der Waals surface area contributed by atoms with Crippen LogP contribution in [0.25, 0.3) is 11.4 Å². The Hall–Kier alpha value is -3.13. The first kappa shape index (κ1) is 16.7. The summed E-state index contributed by atoms with van der Waals surface area (Å²) in [5.41, 5.74) is 1.21. The fraction of sp³-hybridized carbons (Fsp3) is 0.125. The van der Waals surface area contributed by atoms with Gasteiger partial charge in [-0.1, -0.05) is 35.9 Å². The molecule has 0 spiro atoms. The minimum absolute atomic E-state index is 0.103.